The molecule has 3 aromatic carbocycles. The van der Waals surface area contributed by atoms with Gasteiger partial charge in [-0.05, 0) is 34.9 Å². The molecule has 0 heterocycles. The molecule has 0 atom stereocenters. The molecular formula is C24H23FN2O3. The summed E-state index contributed by atoms with van der Waals surface area (Å²) >= 11 is 0. The van der Waals surface area contributed by atoms with Gasteiger partial charge in [0.25, 0.3) is 5.91 Å². The van der Waals surface area contributed by atoms with Gasteiger partial charge in [-0.3, -0.25) is 9.59 Å². The van der Waals surface area contributed by atoms with E-state index in [1.54, 1.807) is 0 Å². The number of carbonyl (C=O) groups is 2. The van der Waals surface area contributed by atoms with Crippen molar-refractivity contribution in [1.82, 2.24) is 5.32 Å². The Labute approximate surface area is 174 Å². The highest BCUT2D eigenvalue weighted by Crippen LogP contribution is 2.16. The van der Waals surface area contributed by atoms with Crippen molar-refractivity contribution in [3.05, 3.63) is 101 Å². The number of benzene rings is 3. The third kappa shape index (κ3) is 6.25. The molecule has 30 heavy (non-hydrogen) atoms. The van der Waals surface area contributed by atoms with Crippen LogP contribution in [0.2, 0.25) is 0 Å². The predicted molar refractivity (Wildman–Crippen MR) is 113 cm³/mol. The van der Waals surface area contributed by atoms with E-state index in [1.807, 2.05) is 54.6 Å². The van der Waals surface area contributed by atoms with Crippen LogP contribution >= 0.6 is 0 Å². The van der Waals surface area contributed by atoms with Gasteiger partial charge in [-0.1, -0.05) is 54.6 Å². The van der Waals surface area contributed by atoms with Crippen LogP contribution in [0.1, 0.15) is 34.0 Å². The van der Waals surface area contributed by atoms with Crippen LogP contribution in [0.15, 0.2) is 72.8 Å². The van der Waals surface area contributed by atoms with Gasteiger partial charge in [0.05, 0.1) is 18.9 Å². The fourth-order valence-corrected chi connectivity index (χ4v) is 2.93. The monoisotopic (exact) mass is 406 g/mol. The largest absolute Gasteiger partial charge is 0.372 e. The molecule has 5 nitrogen and oxygen atoms in total. The molecule has 0 aliphatic rings. The second-order valence-corrected chi connectivity index (χ2v) is 6.86. The van der Waals surface area contributed by atoms with E-state index in [1.165, 1.54) is 19.1 Å². The summed E-state index contributed by atoms with van der Waals surface area (Å²) in [6.45, 7) is 2.60. The molecule has 0 aliphatic heterocycles. The highest BCUT2D eigenvalue weighted by atomic mass is 19.1. The first-order chi connectivity index (χ1) is 14.5. The van der Waals surface area contributed by atoms with Gasteiger partial charge < -0.3 is 15.4 Å². The summed E-state index contributed by atoms with van der Waals surface area (Å²) in [4.78, 5) is 23.6. The lowest BCUT2D eigenvalue weighted by Crippen LogP contribution is -2.23. The Morgan fingerprint density at radius 1 is 0.867 bits per heavy atom. The van der Waals surface area contributed by atoms with Gasteiger partial charge in [-0.25, -0.2) is 4.39 Å². The molecule has 0 aliphatic carbocycles. The maximum atomic E-state index is 13.7. The Morgan fingerprint density at radius 3 is 2.33 bits per heavy atom. The van der Waals surface area contributed by atoms with Crippen LogP contribution < -0.4 is 10.6 Å². The molecule has 2 amide bonds. The molecule has 3 rings (SSSR count). The fraction of sp³-hybridized carbons (Fsp3) is 0.167. The zero-order valence-electron chi connectivity index (χ0n) is 16.7. The molecule has 0 saturated heterocycles. The van der Waals surface area contributed by atoms with E-state index in [9.17, 15) is 14.0 Å². The van der Waals surface area contributed by atoms with Crippen LogP contribution in [0.25, 0.3) is 0 Å². The third-order valence-electron chi connectivity index (χ3n) is 4.36. The van der Waals surface area contributed by atoms with E-state index in [2.05, 4.69) is 10.6 Å². The molecule has 154 valence electrons. The third-order valence-corrected chi connectivity index (χ3v) is 4.36. The van der Waals surface area contributed by atoms with Gasteiger partial charge in [0.15, 0.2) is 0 Å². The summed E-state index contributed by atoms with van der Waals surface area (Å²) in [5, 5.41) is 5.18. The van der Waals surface area contributed by atoms with Crippen molar-refractivity contribution in [1.29, 1.82) is 0 Å². The molecule has 0 aromatic heterocycles. The van der Waals surface area contributed by atoms with E-state index in [4.69, 9.17) is 4.74 Å². The zero-order valence-corrected chi connectivity index (χ0v) is 16.7. The second kappa shape index (κ2) is 10.3. The lowest BCUT2D eigenvalue weighted by Gasteiger charge is -2.10. The number of anilines is 1. The van der Waals surface area contributed by atoms with Crippen molar-refractivity contribution >= 4 is 17.5 Å². The normalized spacial score (nSPS) is 10.5. The van der Waals surface area contributed by atoms with Gasteiger partial charge >= 0.3 is 0 Å². The number of hydrogen-bond acceptors (Lipinski definition) is 3. The van der Waals surface area contributed by atoms with Crippen LogP contribution in [-0.4, -0.2) is 11.8 Å². The number of rotatable bonds is 8. The molecule has 2 N–H and O–H groups in total. The molecule has 6 heteroatoms. The van der Waals surface area contributed by atoms with Gasteiger partial charge in [0.1, 0.15) is 5.82 Å². The minimum atomic E-state index is -0.593. The van der Waals surface area contributed by atoms with Crippen molar-refractivity contribution < 1.29 is 18.7 Å². The molecule has 0 radical (unpaired) electrons. The molecule has 0 spiro atoms. The Morgan fingerprint density at radius 2 is 1.57 bits per heavy atom. The minimum absolute atomic E-state index is 0.0206. The highest BCUT2D eigenvalue weighted by molar-refractivity contribution is 5.96. The van der Waals surface area contributed by atoms with Crippen molar-refractivity contribution in [3.63, 3.8) is 0 Å². The molecule has 3 aromatic rings. The summed E-state index contributed by atoms with van der Waals surface area (Å²) in [6, 6.07) is 21.6. The van der Waals surface area contributed by atoms with Gasteiger partial charge in [0, 0.05) is 19.0 Å². The van der Waals surface area contributed by atoms with Crippen molar-refractivity contribution in [2.45, 2.75) is 26.7 Å². The molecule has 0 fully saturated rings. The van der Waals surface area contributed by atoms with E-state index in [0.29, 0.717) is 19.8 Å². The molecule has 0 saturated carbocycles. The summed E-state index contributed by atoms with van der Waals surface area (Å²) in [5.41, 5.74) is 3.29. The average Bonchev–Trinajstić information content (AvgIpc) is 2.74. The summed E-state index contributed by atoms with van der Waals surface area (Å²) in [7, 11) is 0. The maximum absolute atomic E-state index is 13.7. The minimum Gasteiger partial charge on any atom is -0.372 e. The molecule has 0 bridgehead atoms. The van der Waals surface area contributed by atoms with Gasteiger partial charge in [0.2, 0.25) is 5.91 Å². The number of amides is 2. The second-order valence-electron chi connectivity index (χ2n) is 6.86. The quantitative estimate of drug-likeness (QED) is 0.582. The number of nitrogens with one attached hydrogen (secondary N) is 2. The number of ether oxygens (including phenoxy) is 1. The smallest absolute Gasteiger partial charge is 0.251 e. The standard InChI is InChI=1S/C24H23FN2O3/c1-17(28)27-23-13-21(10-11-22(23)25)24(29)26-14-19-8-5-9-20(12-19)16-30-15-18-6-3-2-4-7-18/h2-13H,14-16H2,1H3,(H,26,29)(H,27,28). The van der Waals surface area contributed by atoms with Crippen molar-refractivity contribution in [3.8, 4) is 0 Å². The summed E-state index contributed by atoms with van der Waals surface area (Å²) in [5.74, 6) is -1.35. The average molecular weight is 406 g/mol. The SMILES string of the molecule is CC(=O)Nc1cc(C(=O)NCc2cccc(COCc3ccccc3)c2)ccc1F. The topological polar surface area (TPSA) is 67.4 Å². The first kappa shape index (κ1) is 21.2. The maximum Gasteiger partial charge on any atom is 0.251 e. The first-order valence-corrected chi connectivity index (χ1v) is 9.56. The predicted octanol–water partition coefficient (Wildman–Crippen LogP) is 4.43. The summed E-state index contributed by atoms with van der Waals surface area (Å²) < 4.78 is 19.5. The summed E-state index contributed by atoms with van der Waals surface area (Å²) in [6.07, 6.45) is 0. The lowest BCUT2D eigenvalue weighted by atomic mass is 10.1. The van der Waals surface area contributed by atoms with E-state index in [0.717, 1.165) is 22.8 Å². The number of hydrogen-bond donors (Lipinski definition) is 2. The lowest BCUT2D eigenvalue weighted by molar-refractivity contribution is -0.114. The van der Waals surface area contributed by atoms with Crippen LogP contribution in [0, 0.1) is 5.82 Å². The number of carbonyl (C=O) groups excluding carboxylic acids is 2. The Hall–Kier alpha value is -3.51. The van der Waals surface area contributed by atoms with Gasteiger partial charge in [-0.15, -0.1) is 0 Å². The Kier molecular flexibility index (Phi) is 7.29. The van der Waals surface area contributed by atoms with Crippen LogP contribution in [0.5, 0.6) is 0 Å². The highest BCUT2D eigenvalue weighted by Gasteiger charge is 2.11. The molecular weight excluding hydrogens is 383 g/mol. The van der Waals surface area contributed by atoms with Crippen LogP contribution in [0.3, 0.4) is 0 Å². The van der Waals surface area contributed by atoms with Crippen LogP contribution in [-0.2, 0) is 29.3 Å². The number of halogens is 1. The van der Waals surface area contributed by atoms with E-state index < -0.39 is 11.7 Å². The van der Waals surface area contributed by atoms with Gasteiger partial charge in [-0.2, -0.15) is 0 Å². The Balaban J connectivity index is 1.55. The van der Waals surface area contributed by atoms with Crippen LogP contribution in [0.4, 0.5) is 10.1 Å². The Bertz CT molecular complexity index is 1020. The van der Waals surface area contributed by atoms with E-state index >= 15 is 0 Å². The first-order valence-electron chi connectivity index (χ1n) is 9.56. The van der Waals surface area contributed by atoms with Crippen molar-refractivity contribution in [2.75, 3.05) is 5.32 Å². The van der Waals surface area contributed by atoms with Crippen molar-refractivity contribution in [2.24, 2.45) is 0 Å². The fourth-order valence-electron chi connectivity index (χ4n) is 2.93. The van der Waals surface area contributed by atoms with E-state index in [-0.39, 0.29) is 17.2 Å². The molecule has 0 unspecified atom stereocenters. The zero-order chi connectivity index (χ0) is 21.3.